The molecule has 56 heavy (non-hydrogen) atoms. The van der Waals surface area contributed by atoms with Crippen LogP contribution in [-0.4, -0.2) is 19.5 Å². The van der Waals surface area contributed by atoms with Crippen molar-refractivity contribution in [3.63, 3.8) is 0 Å². The zero-order chi connectivity index (χ0) is 37.0. The first kappa shape index (κ1) is 31.9. The van der Waals surface area contributed by atoms with Crippen LogP contribution >= 0.6 is 0 Å². The molecule has 0 saturated heterocycles. The topological polar surface area (TPSA) is 56.7 Å². The number of benzene rings is 8. The van der Waals surface area contributed by atoms with E-state index in [0.717, 1.165) is 66.5 Å². The van der Waals surface area contributed by atoms with E-state index in [-0.39, 0.29) is 0 Å². The Labute approximate surface area is 322 Å². The summed E-state index contributed by atoms with van der Waals surface area (Å²) in [6, 6.07) is 67.3. The minimum absolute atomic E-state index is 0.588. The van der Waals surface area contributed by atoms with E-state index in [2.05, 4.69) is 150 Å². The summed E-state index contributed by atoms with van der Waals surface area (Å²) in [5.74, 6) is 1.81. The summed E-state index contributed by atoms with van der Waals surface area (Å²) in [5.41, 5.74) is 12.2. The molecule has 262 valence electrons. The maximum absolute atomic E-state index is 6.85. The van der Waals surface area contributed by atoms with E-state index < -0.39 is 0 Å². The first-order valence-electron chi connectivity index (χ1n) is 18.8. The van der Waals surface area contributed by atoms with Crippen LogP contribution in [-0.2, 0) is 0 Å². The Morgan fingerprint density at radius 3 is 1.61 bits per heavy atom. The van der Waals surface area contributed by atoms with E-state index in [1.807, 2.05) is 48.5 Å². The van der Waals surface area contributed by atoms with Crippen molar-refractivity contribution < 1.29 is 4.42 Å². The third kappa shape index (κ3) is 5.29. The smallest absolute Gasteiger partial charge is 0.164 e. The van der Waals surface area contributed by atoms with Crippen LogP contribution in [0.1, 0.15) is 0 Å². The third-order valence-electron chi connectivity index (χ3n) is 10.7. The molecule has 0 bridgehead atoms. The van der Waals surface area contributed by atoms with Gasteiger partial charge in [-0.2, -0.15) is 0 Å². The van der Waals surface area contributed by atoms with Gasteiger partial charge in [-0.25, -0.2) is 15.0 Å². The number of nitrogens with zero attached hydrogens (tertiary/aromatic N) is 4. The van der Waals surface area contributed by atoms with Crippen molar-refractivity contribution in [1.29, 1.82) is 0 Å². The molecule has 11 rings (SSSR count). The largest absolute Gasteiger partial charge is 0.454 e. The summed E-state index contributed by atoms with van der Waals surface area (Å²) in [4.78, 5) is 15.3. The lowest BCUT2D eigenvalue weighted by Crippen LogP contribution is -2.00. The highest BCUT2D eigenvalue weighted by atomic mass is 16.3. The maximum atomic E-state index is 6.85. The first-order chi connectivity index (χ1) is 27.8. The molecule has 3 aromatic heterocycles. The second kappa shape index (κ2) is 13.0. The Hall–Kier alpha value is -7.63. The second-order valence-electron chi connectivity index (χ2n) is 14.0. The van der Waals surface area contributed by atoms with Crippen molar-refractivity contribution in [2.75, 3.05) is 0 Å². The predicted molar refractivity (Wildman–Crippen MR) is 229 cm³/mol. The second-order valence-corrected chi connectivity index (χ2v) is 14.0. The molecule has 3 heterocycles. The van der Waals surface area contributed by atoms with Gasteiger partial charge in [-0.15, -0.1) is 0 Å². The summed E-state index contributed by atoms with van der Waals surface area (Å²) in [6.07, 6.45) is 0. The van der Waals surface area contributed by atoms with E-state index in [4.69, 9.17) is 19.4 Å². The Bertz CT molecular complexity index is 3220. The van der Waals surface area contributed by atoms with Crippen molar-refractivity contribution in [2.45, 2.75) is 0 Å². The molecule has 0 amide bonds. The maximum Gasteiger partial charge on any atom is 0.164 e. The molecule has 0 aliphatic carbocycles. The lowest BCUT2D eigenvalue weighted by Gasteiger charge is -2.10. The standard InChI is InChI=1S/C51H32N4O/c1-4-14-33(15-5-1)35-26-28-37(29-27-35)50-52-49(36-18-8-3-9-19-36)53-51(54-50)41-22-13-25-46-47(41)40-21-12-24-45(48(40)56-46)55-43-23-11-10-20-39(43)42-32-38(30-31-44(42)55)34-16-6-2-7-17-34/h1-32H. The fourth-order valence-corrected chi connectivity index (χ4v) is 8.02. The minimum Gasteiger partial charge on any atom is -0.454 e. The van der Waals surface area contributed by atoms with Crippen molar-refractivity contribution in [1.82, 2.24) is 19.5 Å². The van der Waals surface area contributed by atoms with E-state index >= 15 is 0 Å². The zero-order valence-electron chi connectivity index (χ0n) is 30.2. The number of furan rings is 1. The number of rotatable bonds is 6. The molecule has 11 aromatic rings. The third-order valence-corrected chi connectivity index (χ3v) is 10.7. The Morgan fingerprint density at radius 1 is 0.357 bits per heavy atom. The Morgan fingerprint density at radius 2 is 0.875 bits per heavy atom. The van der Waals surface area contributed by atoms with E-state index in [9.17, 15) is 0 Å². The number of fused-ring (bicyclic) bond motifs is 6. The monoisotopic (exact) mass is 716 g/mol. The van der Waals surface area contributed by atoms with Crippen LogP contribution < -0.4 is 0 Å². The van der Waals surface area contributed by atoms with Gasteiger partial charge in [0.1, 0.15) is 5.58 Å². The van der Waals surface area contributed by atoms with Crippen molar-refractivity contribution >= 4 is 43.7 Å². The van der Waals surface area contributed by atoms with Gasteiger partial charge in [-0.1, -0.05) is 164 Å². The normalized spacial score (nSPS) is 11.6. The van der Waals surface area contributed by atoms with Gasteiger partial charge in [-0.3, -0.25) is 0 Å². The lowest BCUT2D eigenvalue weighted by atomic mass is 10.0. The SMILES string of the molecule is c1ccc(-c2ccc(-c3nc(-c4ccccc4)nc(-c4cccc5oc6c(-n7c8ccccc8c8cc(-c9ccccc9)ccc87)cccc6c45)n3)cc2)cc1. The molecule has 0 aliphatic heterocycles. The number of aromatic nitrogens is 4. The molecule has 0 atom stereocenters. The summed E-state index contributed by atoms with van der Waals surface area (Å²) < 4.78 is 9.18. The van der Waals surface area contributed by atoms with Gasteiger partial charge in [0.15, 0.2) is 23.1 Å². The summed E-state index contributed by atoms with van der Waals surface area (Å²) in [5, 5.41) is 4.35. The van der Waals surface area contributed by atoms with Crippen LogP contribution in [0.15, 0.2) is 199 Å². The van der Waals surface area contributed by atoms with Gasteiger partial charge in [0.25, 0.3) is 0 Å². The molecule has 0 radical (unpaired) electrons. The van der Waals surface area contributed by atoms with Gasteiger partial charge < -0.3 is 8.98 Å². The van der Waals surface area contributed by atoms with E-state index in [1.165, 1.54) is 21.9 Å². The highest BCUT2D eigenvalue weighted by molar-refractivity contribution is 6.16. The van der Waals surface area contributed by atoms with Crippen LogP contribution in [0.2, 0.25) is 0 Å². The van der Waals surface area contributed by atoms with Crippen LogP contribution in [0.4, 0.5) is 0 Å². The molecular weight excluding hydrogens is 685 g/mol. The van der Waals surface area contributed by atoms with Gasteiger partial charge >= 0.3 is 0 Å². The molecule has 5 nitrogen and oxygen atoms in total. The molecule has 0 N–H and O–H groups in total. The molecule has 0 saturated carbocycles. The first-order valence-corrected chi connectivity index (χ1v) is 18.8. The van der Waals surface area contributed by atoms with Gasteiger partial charge in [0.05, 0.1) is 16.7 Å². The van der Waals surface area contributed by atoms with Crippen molar-refractivity contribution in [3.05, 3.63) is 194 Å². The summed E-state index contributed by atoms with van der Waals surface area (Å²) in [6.45, 7) is 0. The van der Waals surface area contributed by atoms with Crippen LogP contribution in [0.3, 0.4) is 0 Å². The number of hydrogen-bond acceptors (Lipinski definition) is 4. The lowest BCUT2D eigenvalue weighted by molar-refractivity contribution is 0.666. The fraction of sp³-hybridized carbons (Fsp3) is 0. The molecular formula is C51H32N4O. The molecule has 0 spiro atoms. The van der Waals surface area contributed by atoms with Crippen LogP contribution in [0.25, 0.3) is 106 Å². The van der Waals surface area contributed by atoms with Gasteiger partial charge in [0, 0.05) is 38.2 Å². The predicted octanol–water partition coefficient (Wildman–Crippen LogP) is 13.2. The number of para-hydroxylation sites is 2. The quantitative estimate of drug-likeness (QED) is 0.172. The van der Waals surface area contributed by atoms with Gasteiger partial charge in [0.2, 0.25) is 0 Å². The van der Waals surface area contributed by atoms with Crippen molar-refractivity contribution in [2.24, 2.45) is 0 Å². The molecule has 5 heteroatoms. The van der Waals surface area contributed by atoms with Gasteiger partial charge in [-0.05, 0) is 52.6 Å². The minimum atomic E-state index is 0.588. The van der Waals surface area contributed by atoms with E-state index in [1.54, 1.807) is 0 Å². The fourth-order valence-electron chi connectivity index (χ4n) is 8.02. The molecule has 8 aromatic carbocycles. The highest BCUT2D eigenvalue weighted by Crippen LogP contribution is 2.42. The Kier molecular flexibility index (Phi) is 7.42. The van der Waals surface area contributed by atoms with Crippen LogP contribution in [0.5, 0.6) is 0 Å². The molecule has 0 unspecified atom stereocenters. The van der Waals surface area contributed by atoms with Crippen molar-refractivity contribution in [3.8, 4) is 62.1 Å². The molecule has 0 fully saturated rings. The summed E-state index contributed by atoms with van der Waals surface area (Å²) in [7, 11) is 0. The Balaban J connectivity index is 1.10. The van der Waals surface area contributed by atoms with Crippen LogP contribution in [0, 0.1) is 0 Å². The summed E-state index contributed by atoms with van der Waals surface area (Å²) >= 11 is 0. The zero-order valence-corrected chi connectivity index (χ0v) is 30.2. The van der Waals surface area contributed by atoms with E-state index in [0.29, 0.717) is 17.5 Å². The average molecular weight is 717 g/mol. The molecule has 0 aliphatic rings. The average Bonchev–Trinajstić information content (AvgIpc) is 3.83. The number of hydrogen-bond donors (Lipinski definition) is 0. The highest BCUT2D eigenvalue weighted by Gasteiger charge is 2.21.